The molecule has 6 heteroatoms. The van der Waals surface area contributed by atoms with Gasteiger partial charge in [0.2, 0.25) is 11.8 Å². The van der Waals surface area contributed by atoms with Crippen LogP contribution in [0.25, 0.3) is 0 Å². The molecule has 0 radical (unpaired) electrons. The summed E-state index contributed by atoms with van der Waals surface area (Å²) in [5, 5.41) is 2.94. The molecule has 1 aliphatic heterocycles. The molecule has 23 heavy (non-hydrogen) atoms. The third-order valence-electron chi connectivity index (χ3n) is 4.68. The van der Waals surface area contributed by atoms with Crippen molar-refractivity contribution in [3.8, 4) is 0 Å². The lowest BCUT2D eigenvalue weighted by atomic mass is 10.1. The van der Waals surface area contributed by atoms with Gasteiger partial charge in [0.25, 0.3) is 0 Å². The fourth-order valence-corrected chi connectivity index (χ4v) is 4.09. The van der Waals surface area contributed by atoms with E-state index in [0.717, 1.165) is 18.4 Å². The quantitative estimate of drug-likeness (QED) is 0.898. The highest BCUT2D eigenvalue weighted by Gasteiger charge is 2.47. The Morgan fingerprint density at radius 3 is 2.65 bits per heavy atom. The van der Waals surface area contributed by atoms with Gasteiger partial charge in [-0.1, -0.05) is 13.8 Å². The van der Waals surface area contributed by atoms with Crippen molar-refractivity contribution in [2.75, 3.05) is 5.75 Å². The Balaban J connectivity index is 1.78. The Labute approximate surface area is 141 Å². The maximum atomic E-state index is 12.7. The summed E-state index contributed by atoms with van der Waals surface area (Å²) in [6, 6.07) is 1.58. The summed E-state index contributed by atoms with van der Waals surface area (Å²) in [6.07, 6.45) is 5.16. The van der Waals surface area contributed by atoms with Crippen LogP contribution in [-0.2, 0) is 9.59 Å². The molecule has 0 bridgehead atoms. The van der Waals surface area contributed by atoms with E-state index in [0.29, 0.717) is 11.7 Å². The first-order chi connectivity index (χ1) is 11.0. The molecule has 0 aromatic carbocycles. The van der Waals surface area contributed by atoms with Gasteiger partial charge < -0.3 is 14.6 Å². The monoisotopic (exact) mass is 336 g/mol. The molecule has 1 N–H and O–H groups in total. The number of nitrogens with one attached hydrogen (secondary N) is 1. The van der Waals surface area contributed by atoms with Crippen molar-refractivity contribution >= 4 is 23.6 Å². The summed E-state index contributed by atoms with van der Waals surface area (Å²) in [4.78, 5) is 27.2. The first kappa shape index (κ1) is 16.4. The lowest BCUT2D eigenvalue weighted by molar-refractivity contribution is -0.141. The Morgan fingerprint density at radius 2 is 2.09 bits per heavy atom. The number of hydrogen-bond donors (Lipinski definition) is 1. The van der Waals surface area contributed by atoms with Crippen LogP contribution in [0.3, 0.4) is 0 Å². The van der Waals surface area contributed by atoms with E-state index in [4.69, 9.17) is 4.42 Å². The third-order valence-corrected chi connectivity index (χ3v) is 6.01. The van der Waals surface area contributed by atoms with Gasteiger partial charge in [-0.05, 0) is 31.7 Å². The number of carbonyl (C=O) groups is 2. The Morgan fingerprint density at radius 1 is 1.35 bits per heavy atom. The van der Waals surface area contributed by atoms with Gasteiger partial charge in [-0.25, -0.2) is 0 Å². The highest BCUT2D eigenvalue weighted by molar-refractivity contribution is 7.99. The number of hydrogen-bond acceptors (Lipinski definition) is 4. The number of carbonyl (C=O) groups excluding carboxylic acids is 2. The van der Waals surface area contributed by atoms with Crippen LogP contribution in [0.1, 0.15) is 44.6 Å². The van der Waals surface area contributed by atoms with Crippen molar-refractivity contribution in [1.29, 1.82) is 0 Å². The lowest BCUT2D eigenvalue weighted by Gasteiger charge is -2.29. The minimum Gasteiger partial charge on any atom is -0.472 e. The second-order valence-electron chi connectivity index (χ2n) is 6.82. The average Bonchev–Trinajstić information content (AvgIpc) is 3.05. The topological polar surface area (TPSA) is 62.6 Å². The van der Waals surface area contributed by atoms with Crippen LogP contribution < -0.4 is 5.32 Å². The van der Waals surface area contributed by atoms with Gasteiger partial charge in [0.1, 0.15) is 11.4 Å². The fourth-order valence-electron chi connectivity index (χ4n) is 2.68. The zero-order chi connectivity index (χ0) is 16.6. The summed E-state index contributed by atoms with van der Waals surface area (Å²) in [5.41, 5.74) is 0.955. The van der Waals surface area contributed by atoms with Crippen molar-refractivity contribution in [2.24, 2.45) is 11.8 Å². The fraction of sp³-hybridized carbons (Fsp3) is 0.647. The summed E-state index contributed by atoms with van der Waals surface area (Å²) >= 11 is 1.64. The highest BCUT2D eigenvalue weighted by Crippen LogP contribution is 2.45. The number of nitrogens with zero attached hydrogens (tertiary/aromatic N) is 1. The molecular formula is C17H24N2O3S. The molecule has 5 nitrogen and oxygen atoms in total. The standard InChI is InChI=1S/C17H24N2O3S/c1-10(2)11(3)18-15(20)14-9-23-17(13-6-7-22-8-13)19(14)16(21)12-4-5-12/h6-8,10-12,14,17H,4-5,9H2,1-3H3,(H,18,20). The van der Waals surface area contributed by atoms with Crippen LogP contribution in [0.15, 0.2) is 23.0 Å². The van der Waals surface area contributed by atoms with Gasteiger partial charge in [0.05, 0.1) is 12.5 Å². The van der Waals surface area contributed by atoms with Crippen molar-refractivity contribution in [3.05, 3.63) is 24.2 Å². The zero-order valence-electron chi connectivity index (χ0n) is 13.8. The van der Waals surface area contributed by atoms with Crippen LogP contribution in [0.5, 0.6) is 0 Å². The molecule has 3 unspecified atom stereocenters. The first-order valence-corrected chi connectivity index (χ1v) is 9.30. The van der Waals surface area contributed by atoms with Gasteiger partial charge >= 0.3 is 0 Å². The van der Waals surface area contributed by atoms with Crippen molar-refractivity contribution in [1.82, 2.24) is 10.2 Å². The van der Waals surface area contributed by atoms with E-state index < -0.39 is 6.04 Å². The van der Waals surface area contributed by atoms with E-state index in [-0.39, 0.29) is 29.1 Å². The van der Waals surface area contributed by atoms with Crippen molar-refractivity contribution in [3.63, 3.8) is 0 Å². The molecular weight excluding hydrogens is 312 g/mol. The molecule has 1 saturated carbocycles. The van der Waals surface area contributed by atoms with Crippen LogP contribution >= 0.6 is 11.8 Å². The number of amides is 2. The van der Waals surface area contributed by atoms with E-state index in [1.165, 1.54) is 0 Å². The van der Waals surface area contributed by atoms with Crippen LogP contribution in [0.4, 0.5) is 0 Å². The van der Waals surface area contributed by atoms with Gasteiger partial charge in [-0.2, -0.15) is 0 Å². The predicted molar refractivity (Wildman–Crippen MR) is 89.7 cm³/mol. The van der Waals surface area contributed by atoms with Gasteiger partial charge in [-0.3, -0.25) is 9.59 Å². The molecule has 3 rings (SSSR count). The summed E-state index contributed by atoms with van der Waals surface area (Å²) in [7, 11) is 0. The predicted octanol–water partition coefficient (Wildman–Crippen LogP) is 2.79. The number of thioether (sulfide) groups is 1. The zero-order valence-corrected chi connectivity index (χ0v) is 14.6. The molecule has 1 aliphatic carbocycles. The second-order valence-corrected chi connectivity index (χ2v) is 7.93. The van der Waals surface area contributed by atoms with E-state index in [9.17, 15) is 9.59 Å². The normalized spacial score (nSPS) is 25.7. The molecule has 2 aliphatic rings. The minimum absolute atomic E-state index is 0.0429. The van der Waals surface area contributed by atoms with E-state index in [1.807, 2.05) is 13.0 Å². The second kappa shape index (κ2) is 6.59. The van der Waals surface area contributed by atoms with Crippen molar-refractivity contribution < 1.29 is 14.0 Å². The smallest absolute Gasteiger partial charge is 0.243 e. The van der Waals surface area contributed by atoms with Crippen LogP contribution in [0, 0.1) is 11.8 Å². The molecule has 2 fully saturated rings. The minimum atomic E-state index is -0.394. The first-order valence-electron chi connectivity index (χ1n) is 8.25. The Kier molecular flexibility index (Phi) is 4.71. The SMILES string of the molecule is CC(C)C(C)NC(=O)C1CSC(c2ccoc2)N1C(=O)C1CC1. The van der Waals surface area contributed by atoms with Gasteiger partial charge in [0.15, 0.2) is 0 Å². The molecule has 2 amide bonds. The third kappa shape index (κ3) is 3.42. The molecule has 1 aromatic heterocycles. The molecule has 3 atom stereocenters. The van der Waals surface area contributed by atoms with E-state index >= 15 is 0 Å². The summed E-state index contributed by atoms with van der Waals surface area (Å²) < 4.78 is 5.17. The average molecular weight is 336 g/mol. The lowest BCUT2D eigenvalue weighted by Crippen LogP contribution is -2.51. The number of rotatable bonds is 5. The molecule has 2 heterocycles. The Hall–Kier alpha value is -1.43. The molecule has 1 aromatic rings. The van der Waals surface area contributed by atoms with Gasteiger partial charge in [-0.15, -0.1) is 11.8 Å². The molecule has 0 spiro atoms. The number of furan rings is 1. The van der Waals surface area contributed by atoms with Crippen LogP contribution in [-0.4, -0.2) is 34.6 Å². The summed E-state index contributed by atoms with van der Waals surface area (Å²) in [6.45, 7) is 6.16. The largest absolute Gasteiger partial charge is 0.472 e. The van der Waals surface area contributed by atoms with Crippen LogP contribution in [0.2, 0.25) is 0 Å². The van der Waals surface area contributed by atoms with Crippen molar-refractivity contribution in [2.45, 2.75) is 51.1 Å². The molecule has 126 valence electrons. The van der Waals surface area contributed by atoms with Gasteiger partial charge in [0, 0.05) is 23.3 Å². The maximum Gasteiger partial charge on any atom is 0.243 e. The maximum absolute atomic E-state index is 12.7. The Bertz CT molecular complexity index is 568. The molecule has 1 saturated heterocycles. The highest BCUT2D eigenvalue weighted by atomic mass is 32.2. The summed E-state index contributed by atoms with van der Waals surface area (Å²) in [5.74, 6) is 1.16. The van der Waals surface area contributed by atoms with E-state index in [1.54, 1.807) is 29.2 Å². The van der Waals surface area contributed by atoms with E-state index in [2.05, 4.69) is 19.2 Å².